The zero-order chi connectivity index (χ0) is 12.3. The van der Waals surface area contributed by atoms with Crippen molar-refractivity contribution in [2.75, 3.05) is 7.05 Å². The fourth-order valence-corrected chi connectivity index (χ4v) is 2.63. The Balaban J connectivity index is 2.26. The maximum absolute atomic E-state index is 12.8. The molecule has 0 bridgehead atoms. The molecule has 1 heterocycles. The Morgan fingerprint density at radius 3 is 2.59 bits per heavy atom. The van der Waals surface area contributed by atoms with Gasteiger partial charge in [-0.25, -0.2) is 4.39 Å². The van der Waals surface area contributed by atoms with Crippen LogP contribution in [0.1, 0.15) is 24.4 Å². The molecule has 0 saturated carbocycles. The van der Waals surface area contributed by atoms with Crippen LogP contribution in [0.25, 0.3) is 10.6 Å². The average molecular weight is 251 g/mol. The third kappa shape index (κ3) is 2.68. The highest BCUT2D eigenvalue weighted by atomic mass is 32.1. The Kier molecular flexibility index (Phi) is 3.81. The maximum Gasteiger partial charge on any atom is 0.147 e. The summed E-state index contributed by atoms with van der Waals surface area (Å²) in [5.74, 6) is -0.236. The van der Waals surface area contributed by atoms with E-state index in [1.807, 2.05) is 7.05 Å². The van der Waals surface area contributed by atoms with Crippen LogP contribution in [0.5, 0.6) is 0 Å². The number of aromatic nitrogens is 2. The van der Waals surface area contributed by atoms with Crippen LogP contribution in [0.15, 0.2) is 24.3 Å². The van der Waals surface area contributed by atoms with Crippen molar-refractivity contribution in [1.82, 2.24) is 15.5 Å². The van der Waals surface area contributed by atoms with Crippen LogP contribution in [0, 0.1) is 5.82 Å². The quantitative estimate of drug-likeness (QED) is 0.907. The van der Waals surface area contributed by atoms with Gasteiger partial charge in [-0.3, -0.25) is 0 Å². The van der Waals surface area contributed by atoms with Crippen molar-refractivity contribution in [1.29, 1.82) is 0 Å². The van der Waals surface area contributed by atoms with E-state index >= 15 is 0 Å². The topological polar surface area (TPSA) is 37.8 Å². The van der Waals surface area contributed by atoms with E-state index in [9.17, 15) is 4.39 Å². The van der Waals surface area contributed by atoms with Crippen molar-refractivity contribution in [2.24, 2.45) is 0 Å². The SMILES string of the molecule is CCC(NC)c1nnc(-c2ccc(F)cc2)s1. The number of rotatable bonds is 4. The predicted molar refractivity (Wildman–Crippen MR) is 67.4 cm³/mol. The molecule has 1 unspecified atom stereocenters. The summed E-state index contributed by atoms with van der Waals surface area (Å²) in [5, 5.41) is 13.3. The van der Waals surface area contributed by atoms with E-state index in [0.29, 0.717) is 0 Å². The second-order valence-electron chi connectivity index (χ2n) is 3.70. The number of benzene rings is 1. The summed E-state index contributed by atoms with van der Waals surface area (Å²) in [6.07, 6.45) is 0.967. The first kappa shape index (κ1) is 12.1. The normalized spacial score (nSPS) is 12.6. The first-order valence-electron chi connectivity index (χ1n) is 5.51. The molecule has 2 aromatic rings. The molecular formula is C12H14FN3S. The van der Waals surface area contributed by atoms with Crippen molar-refractivity contribution < 1.29 is 4.39 Å². The molecule has 0 aliphatic heterocycles. The summed E-state index contributed by atoms with van der Waals surface area (Å²) in [6, 6.07) is 6.55. The minimum atomic E-state index is -0.236. The Labute approximate surface area is 104 Å². The van der Waals surface area contributed by atoms with E-state index < -0.39 is 0 Å². The van der Waals surface area contributed by atoms with Gasteiger partial charge in [-0.1, -0.05) is 18.3 Å². The van der Waals surface area contributed by atoms with Gasteiger partial charge in [0.05, 0.1) is 6.04 Å². The second-order valence-corrected chi connectivity index (χ2v) is 4.71. The lowest BCUT2D eigenvalue weighted by atomic mass is 10.2. The molecule has 0 amide bonds. The van der Waals surface area contributed by atoms with Crippen LogP contribution < -0.4 is 5.32 Å². The van der Waals surface area contributed by atoms with Gasteiger partial charge < -0.3 is 5.32 Å². The van der Waals surface area contributed by atoms with Gasteiger partial charge in [-0.2, -0.15) is 0 Å². The number of hydrogen-bond donors (Lipinski definition) is 1. The molecule has 3 nitrogen and oxygen atoms in total. The van der Waals surface area contributed by atoms with Crippen LogP contribution in [-0.2, 0) is 0 Å². The third-order valence-electron chi connectivity index (χ3n) is 2.59. The van der Waals surface area contributed by atoms with Gasteiger partial charge in [0.1, 0.15) is 15.8 Å². The van der Waals surface area contributed by atoms with Crippen LogP contribution >= 0.6 is 11.3 Å². The van der Waals surface area contributed by atoms with Gasteiger partial charge in [0, 0.05) is 5.56 Å². The fourth-order valence-electron chi connectivity index (χ4n) is 1.59. The molecule has 1 aromatic heterocycles. The lowest BCUT2D eigenvalue weighted by Gasteiger charge is -2.07. The van der Waals surface area contributed by atoms with Crippen LogP contribution in [-0.4, -0.2) is 17.2 Å². The average Bonchev–Trinajstić information content (AvgIpc) is 2.81. The highest BCUT2D eigenvalue weighted by Gasteiger charge is 2.13. The van der Waals surface area contributed by atoms with E-state index in [4.69, 9.17) is 0 Å². The maximum atomic E-state index is 12.8. The van der Waals surface area contributed by atoms with Gasteiger partial charge >= 0.3 is 0 Å². The second kappa shape index (κ2) is 5.33. The zero-order valence-electron chi connectivity index (χ0n) is 9.77. The van der Waals surface area contributed by atoms with Crippen molar-refractivity contribution in [3.05, 3.63) is 35.1 Å². The van der Waals surface area contributed by atoms with Gasteiger partial charge in [-0.05, 0) is 37.7 Å². The molecule has 5 heteroatoms. The number of nitrogens with zero attached hydrogens (tertiary/aromatic N) is 2. The molecule has 1 aromatic carbocycles. The summed E-state index contributed by atoms with van der Waals surface area (Å²) >= 11 is 1.54. The van der Waals surface area contributed by atoms with Crippen LogP contribution in [0.4, 0.5) is 4.39 Å². The molecule has 0 aliphatic carbocycles. The lowest BCUT2D eigenvalue weighted by molar-refractivity contribution is 0.568. The standard InChI is InChI=1S/C12H14FN3S/c1-3-10(14-2)12-16-15-11(17-12)8-4-6-9(13)7-5-8/h4-7,10,14H,3H2,1-2H3. The first-order chi connectivity index (χ1) is 8.24. The smallest absolute Gasteiger partial charge is 0.147 e. The van der Waals surface area contributed by atoms with Gasteiger partial charge in [-0.15, -0.1) is 10.2 Å². The predicted octanol–water partition coefficient (Wildman–Crippen LogP) is 3.01. The monoisotopic (exact) mass is 251 g/mol. The Morgan fingerprint density at radius 2 is 2.00 bits per heavy atom. The van der Waals surface area contributed by atoms with Crippen LogP contribution in [0.3, 0.4) is 0 Å². The fraction of sp³-hybridized carbons (Fsp3) is 0.333. The molecule has 2 rings (SSSR count). The summed E-state index contributed by atoms with van der Waals surface area (Å²) in [4.78, 5) is 0. The molecule has 0 aliphatic rings. The Bertz CT molecular complexity index is 477. The van der Waals surface area contributed by atoms with Crippen molar-refractivity contribution >= 4 is 11.3 Å². The van der Waals surface area contributed by atoms with E-state index in [1.54, 1.807) is 23.5 Å². The summed E-state index contributed by atoms with van der Waals surface area (Å²) in [7, 11) is 1.91. The zero-order valence-corrected chi connectivity index (χ0v) is 10.6. The Hall–Kier alpha value is -1.33. The molecule has 0 fully saturated rings. The van der Waals surface area contributed by atoms with Crippen LogP contribution in [0.2, 0.25) is 0 Å². The Morgan fingerprint density at radius 1 is 1.29 bits per heavy atom. The highest BCUT2D eigenvalue weighted by molar-refractivity contribution is 7.14. The largest absolute Gasteiger partial charge is 0.311 e. The summed E-state index contributed by atoms with van der Waals surface area (Å²) < 4.78 is 12.8. The summed E-state index contributed by atoms with van der Waals surface area (Å²) in [6.45, 7) is 2.10. The number of nitrogens with one attached hydrogen (secondary N) is 1. The van der Waals surface area contributed by atoms with E-state index in [-0.39, 0.29) is 11.9 Å². The summed E-state index contributed by atoms with van der Waals surface area (Å²) in [5.41, 5.74) is 0.904. The minimum absolute atomic E-state index is 0.236. The molecule has 0 saturated heterocycles. The van der Waals surface area contributed by atoms with Gasteiger partial charge in [0.2, 0.25) is 0 Å². The van der Waals surface area contributed by atoms with E-state index in [0.717, 1.165) is 22.0 Å². The number of halogens is 1. The molecule has 0 spiro atoms. The van der Waals surface area contributed by atoms with Gasteiger partial charge in [0.25, 0.3) is 0 Å². The van der Waals surface area contributed by atoms with Crippen molar-refractivity contribution in [3.8, 4) is 10.6 Å². The molecule has 1 atom stereocenters. The minimum Gasteiger partial charge on any atom is -0.311 e. The van der Waals surface area contributed by atoms with Crippen molar-refractivity contribution in [2.45, 2.75) is 19.4 Å². The molecule has 0 radical (unpaired) electrons. The molecule has 17 heavy (non-hydrogen) atoms. The lowest BCUT2D eigenvalue weighted by Crippen LogP contribution is -2.14. The van der Waals surface area contributed by atoms with E-state index in [2.05, 4.69) is 22.4 Å². The molecule has 90 valence electrons. The van der Waals surface area contributed by atoms with Gasteiger partial charge in [0.15, 0.2) is 0 Å². The molecule has 1 N–H and O–H groups in total. The third-order valence-corrected chi connectivity index (χ3v) is 3.67. The molecular weight excluding hydrogens is 237 g/mol. The number of hydrogen-bond acceptors (Lipinski definition) is 4. The van der Waals surface area contributed by atoms with Crippen molar-refractivity contribution in [3.63, 3.8) is 0 Å². The highest BCUT2D eigenvalue weighted by Crippen LogP contribution is 2.27. The van der Waals surface area contributed by atoms with E-state index in [1.165, 1.54) is 12.1 Å². The first-order valence-corrected chi connectivity index (χ1v) is 6.33.